The molecule has 0 saturated carbocycles. The lowest BCUT2D eigenvalue weighted by Crippen LogP contribution is -2.30. The molecule has 2 nitrogen and oxygen atoms in total. The first-order valence-corrected chi connectivity index (χ1v) is 5.32. The van der Waals surface area contributed by atoms with Crippen LogP contribution in [0, 0.1) is 0 Å². The first-order chi connectivity index (χ1) is 7.33. The molecule has 0 saturated heterocycles. The lowest BCUT2D eigenvalue weighted by molar-refractivity contribution is 0.281. The van der Waals surface area contributed by atoms with Gasteiger partial charge in [-0.25, -0.2) is 0 Å². The fourth-order valence-corrected chi connectivity index (χ4v) is 2.05. The zero-order valence-corrected chi connectivity index (χ0v) is 9.20. The molecule has 2 heteroatoms. The van der Waals surface area contributed by atoms with Gasteiger partial charge in [-0.1, -0.05) is 12.1 Å². The van der Waals surface area contributed by atoms with Crippen LogP contribution >= 0.6 is 0 Å². The molecule has 0 radical (unpaired) electrons. The molecule has 0 N–H and O–H groups in total. The van der Waals surface area contributed by atoms with Crippen LogP contribution in [-0.2, 0) is 13.0 Å². The van der Waals surface area contributed by atoms with Crippen LogP contribution < -0.4 is 4.74 Å². The summed E-state index contributed by atoms with van der Waals surface area (Å²) < 4.78 is 5.22. The van der Waals surface area contributed by atoms with E-state index < -0.39 is 0 Å². The maximum Gasteiger partial charge on any atom is 0.119 e. The van der Waals surface area contributed by atoms with Gasteiger partial charge >= 0.3 is 0 Å². The number of benzene rings is 1. The number of methoxy groups -OCH3 is 1. The highest BCUT2D eigenvalue weighted by molar-refractivity contribution is 5.37. The summed E-state index contributed by atoms with van der Waals surface area (Å²) in [5, 5.41) is 0. The molecule has 0 fully saturated rings. The molecular formula is C13H17NO. The summed E-state index contributed by atoms with van der Waals surface area (Å²) in [5.74, 6) is 0.964. The second-order valence-corrected chi connectivity index (χ2v) is 3.91. The van der Waals surface area contributed by atoms with Gasteiger partial charge in [0.05, 0.1) is 7.11 Å². The minimum absolute atomic E-state index is 0.964. The zero-order chi connectivity index (χ0) is 10.7. The highest BCUT2D eigenvalue weighted by atomic mass is 16.5. The van der Waals surface area contributed by atoms with E-state index >= 15 is 0 Å². The smallest absolute Gasteiger partial charge is 0.119 e. The third-order valence-corrected chi connectivity index (χ3v) is 2.89. The van der Waals surface area contributed by atoms with Gasteiger partial charge in [-0.2, -0.15) is 0 Å². The van der Waals surface area contributed by atoms with E-state index in [1.165, 1.54) is 11.1 Å². The van der Waals surface area contributed by atoms with Crippen LogP contribution in [0.4, 0.5) is 0 Å². The number of ether oxygens (including phenoxy) is 1. The normalized spacial score (nSPS) is 15.8. The molecule has 1 aromatic carbocycles. The highest BCUT2D eigenvalue weighted by Crippen LogP contribution is 2.23. The van der Waals surface area contributed by atoms with E-state index in [0.29, 0.717) is 0 Å². The van der Waals surface area contributed by atoms with Gasteiger partial charge in [0.1, 0.15) is 5.75 Å². The van der Waals surface area contributed by atoms with Crippen LogP contribution in [-0.4, -0.2) is 25.1 Å². The second-order valence-electron chi connectivity index (χ2n) is 3.91. The van der Waals surface area contributed by atoms with Crippen LogP contribution in [0.15, 0.2) is 30.9 Å². The van der Waals surface area contributed by atoms with Gasteiger partial charge in [-0.3, -0.25) is 4.90 Å². The van der Waals surface area contributed by atoms with Crippen molar-refractivity contribution in [3.8, 4) is 5.75 Å². The Balaban J connectivity index is 2.17. The second kappa shape index (κ2) is 4.49. The van der Waals surface area contributed by atoms with Crippen molar-refractivity contribution in [2.75, 3.05) is 20.2 Å². The molecule has 0 bridgehead atoms. The fourth-order valence-electron chi connectivity index (χ4n) is 2.05. The van der Waals surface area contributed by atoms with Crippen LogP contribution in [0.3, 0.4) is 0 Å². The maximum atomic E-state index is 5.22. The molecule has 2 rings (SSSR count). The summed E-state index contributed by atoms with van der Waals surface area (Å²) in [6.45, 7) is 6.90. The predicted molar refractivity (Wildman–Crippen MR) is 62.2 cm³/mol. The molecule has 1 heterocycles. The minimum Gasteiger partial charge on any atom is -0.497 e. The van der Waals surface area contributed by atoms with E-state index in [1.54, 1.807) is 7.11 Å². The monoisotopic (exact) mass is 203 g/mol. The number of fused-ring (bicyclic) bond motifs is 1. The summed E-state index contributed by atoms with van der Waals surface area (Å²) >= 11 is 0. The Morgan fingerprint density at radius 3 is 3.07 bits per heavy atom. The Morgan fingerprint density at radius 1 is 1.47 bits per heavy atom. The van der Waals surface area contributed by atoms with Gasteiger partial charge in [-0.15, -0.1) is 6.58 Å². The quantitative estimate of drug-likeness (QED) is 0.699. The summed E-state index contributed by atoms with van der Waals surface area (Å²) in [6.07, 6.45) is 3.08. The lowest BCUT2D eigenvalue weighted by Gasteiger charge is -2.27. The van der Waals surface area contributed by atoms with E-state index in [1.807, 2.05) is 12.1 Å². The lowest BCUT2D eigenvalue weighted by atomic mass is 9.99. The van der Waals surface area contributed by atoms with Gasteiger partial charge in [0.25, 0.3) is 0 Å². The van der Waals surface area contributed by atoms with Crippen LogP contribution in [0.5, 0.6) is 5.75 Å². The predicted octanol–water partition coefficient (Wildman–Crippen LogP) is 2.24. The molecule has 0 atom stereocenters. The molecular weight excluding hydrogens is 186 g/mol. The Labute approximate surface area is 91.2 Å². The number of rotatable bonds is 3. The van der Waals surface area contributed by atoms with Gasteiger partial charge in [0.15, 0.2) is 0 Å². The van der Waals surface area contributed by atoms with Crippen molar-refractivity contribution in [3.05, 3.63) is 42.0 Å². The zero-order valence-electron chi connectivity index (χ0n) is 9.20. The molecule has 80 valence electrons. The Hall–Kier alpha value is -1.28. The first kappa shape index (κ1) is 10.2. The van der Waals surface area contributed by atoms with Crippen molar-refractivity contribution in [2.24, 2.45) is 0 Å². The van der Waals surface area contributed by atoms with Gasteiger partial charge < -0.3 is 4.74 Å². The summed E-state index contributed by atoms with van der Waals surface area (Å²) in [4.78, 5) is 2.40. The van der Waals surface area contributed by atoms with Gasteiger partial charge in [0.2, 0.25) is 0 Å². The molecule has 0 unspecified atom stereocenters. The molecule has 0 spiro atoms. The molecule has 0 amide bonds. The van der Waals surface area contributed by atoms with Gasteiger partial charge in [0, 0.05) is 19.6 Å². The first-order valence-electron chi connectivity index (χ1n) is 5.32. The van der Waals surface area contributed by atoms with Crippen molar-refractivity contribution in [3.63, 3.8) is 0 Å². The van der Waals surface area contributed by atoms with Crippen molar-refractivity contribution >= 4 is 0 Å². The number of hydrogen-bond acceptors (Lipinski definition) is 2. The standard InChI is InChI=1S/C13H17NO/c1-3-7-14-8-6-11-9-13(15-2)5-4-12(11)10-14/h3-5,9H,1,6-8,10H2,2H3. The van der Waals surface area contributed by atoms with Crippen molar-refractivity contribution in [1.29, 1.82) is 0 Å². The van der Waals surface area contributed by atoms with E-state index in [0.717, 1.165) is 31.8 Å². The summed E-state index contributed by atoms with van der Waals surface area (Å²) in [7, 11) is 1.72. The van der Waals surface area contributed by atoms with Crippen molar-refractivity contribution < 1.29 is 4.74 Å². The molecule has 1 aliphatic rings. The summed E-state index contributed by atoms with van der Waals surface area (Å²) in [6, 6.07) is 6.36. The van der Waals surface area contributed by atoms with E-state index in [9.17, 15) is 0 Å². The molecule has 0 aromatic heterocycles. The average Bonchev–Trinajstić information content (AvgIpc) is 2.29. The molecule has 1 aromatic rings. The molecule has 0 aliphatic carbocycles. The fraction of sp³-hybridized carbons (Fsp3) is 0.385. The third kappa shape index (κ3) is 2.21. The Kier molecular flexibility index (Phi) is 3.07. The van der Waals surface area contributed by atoms with Gasteiger partial charge in [-0.05, 0) is 29.7 Å². The highest BCUT2D eigenvalue weighted by Gasteiger charge is 2.15. The van der Waals surface area contributed by atoms with Crippen molar-refractivity contribution in [2.45, 2.75) is 13.0 Å². The third-order valence-electron chi connectivity index (χ3n) is 2.89. The van der Waals surface area contributed by atoms with Crippen LogP contribution in [0.1, 0.15) is 11.1 Å². The van der Waals surface area contributed by atoms with E-state index in [4.69, 9.17) is 4.74 Å². The molecule has 1 aliphatic heterocycles. The molecule has 15 heavy (non-hydrogen) atoms. The number of nitrogens with zero attached hydrogens (tertiary/aromatic N) is 1. The Morgan fingerprint density at radius 2 is 2.33 bits per heavy atom. The van der Waals surface area contributed by atoms with Crippen molar-refractivity contribution in [1.82, 2.24) is 4.90 Å². The summed E-state index contributed by atoms with van der Waals surface area (Å²) in [5.41, 5.74) is 2.85. The number of hydrogen-bond donors (Lipinski definition) is 0. The largest absolute Gasteiger partial charge is 0.497 e. The van der Waals surface area contributed by atoms with Crippen LogP contribution in [0.2, 0.25) is 0 Å². The maximum absolute atomic E-state index is 5.22. The SMILES string of the molecule is C=CCN1CCc2cc(OC)ccc2C1. The minimum atomic E-state index is 0.964. The van der Waals surface area contributed by atoms with E-state index in [-0.39, 0.29) is 0 Å². The van der Waals surface area contributed by atoms with Crippen LogP contribution in [0.25, 0.3) is 0 Å². The topological polar surface area (TPSA) is 12.5 Å². The van der Waals surface area contributed by atoms with E-state index in [2.05, 4.69) is 23.6 Å². The Bertz CT molecular complexity index is 360. The average molecular weight is 203 g/mol.